The predicted molar refractivity (Wildman–Crippen MR) is 70.3 cm³/mol. The van der Waals surface area contributed by atoms with E-state index in [1.165, 1.54) is 38.5 Å². The molecule has 4 atom stereocenters. The van der Waals surface area contributed by atoms with Gasteiger partial charge in [0.05, 0.1) is 24.9 Å². The summed E-state index contributed by atoms with van der Waals surface area (Å²) in [6.07, 6.45) is 7.53. The maximum Gasteiger partial charge on any atom is 0.175 e. The molecule has 2 saturated carbocycles. The molecule has 4 nitrogen and oxygen atoms in total. The number of rotatable bonds is 5. The van der Waals surface area contributed by atoms with E-state index in [1.54, 1.807) is 0 Å². The first-order valence-electron chi connectivity index (χ1n) is 7.13. The van der Waals surface area contributed by atoms with Gasteiger partial charge in [0.1, 0.15) is 0 Å². The van der Waals surface area contributed by atoms with E-state index < -0.39 is 0 Å². The number of aliphatic hydroxyl groups is 1. The van der Waals surface area contributed by atoms with Crippen LogP contribution in [0.4, 0.5) is 0 Å². The van der Waals surface area contributed by atoms with Gasteiger partial charge in [-0.05, 0) is 30.6 Å². The van der Waals surface area contributed by atoms with Crippen molar-refractivity contribution in [1.29, 1.82) is 0 Å². The highest BCUT2D eigenvalue weighted by atomic mass is 32.2. The topological polar surface area (TPSA) is 64.7 Å². The van der Waals surface area contributed by atoms with Gasteiger partial charge >= 0.3 is 0 Å². The van der Waals surface area contributed by atoms with Crippen molar-refractivity contribution in [1.82, 2.24) is 0 Å². The summed E-state index contributed by atoms with van der Waals surface area (Å²) >= 11 is 0.900. The minimum absolute atomic E-state index is 0.0435. The van der Waals surface area contributed by atoms with Crippen molar-refractivity contribution in [2.45, 2.75) is 50.9 Å². The predicted octanol–water partition coefficient (Wildman–Crippen LogP) is 2.07. The van der Waals surface area contributed by atoms with Gasteiger partial charge in [-0.15, -0.1) is 0 Å². The molecule has 1 heterocycles. The summed E-state index contributed by atoms with van der Waals surface area (Å²) in [7, 11) is 0. The quantitative estimate of drug-likeness (QED) is 0.593. The van der Waals surface area contributed by atoms with E-state index in [0.29, 0.717) is 17.8 Å². The van der Waals surface area contributed by atoms with Crippen molar-refractivity contribution in [2.24, 2.45) is 28.8 Å². The molecule has 3 aliphatic rings. The van der Waals surface area contributed by atoms with Crippen LogP contribution in [0.1, 0.15) is 38.5 Å². The molecule has 3 rings (SSSR count). The Morgan fingerprint density at radius 2 is 1.72 bits per heavy atom. The third-order valence-corrected chi connectivity index (χ3v) is 5.52. The zero-order valence-corrected chi connectivity index (χ0v) is 11.5. The standard InChI is InChI=1S/C13H23NO3S/c14-18-17-13-12(9-5-2-6-9)11(8-3-1-4-8)10(7-15)16-13/h8-13,15H,1-7,14H2. The van der Waals surface area contributed by atoms with Crippen LogP contribution in [-0.4, -0.2) is 24.1 Å². The summed E-state index contributed by atoms with van der Waals surface area (Å²) in [6.45, 7) is 0.111. The van der Waals surface area contributed by atoms with Crippen LogP contribution in [0.3, 0.4) is 0 Å². The molecule has 1 aliphatic heterocycles. The van der Waals surface area contributed by atoms with Gasteiger partial charge in [0.2, 0.25) is 0 Å². The van der Waals surface area contributed by atoms with Gasteiger partial charge < -0.3 is 9.84 Å². The summed E-state index contributed by atoms with van der Waals surface area (Å²) in [6, 6.07) is 0. The van der Waals surface area contributed by atoms with Crippen LogP contribution in [0.15, 0.2) is 0 Å². The van der Waals surface area contributed by atoms with E-state index in [2.05, 4.69) is 0 Å². The van der Waals surface area contributed by atoms with E-state index in [4.69, 9.17) is 14.1 Å². The molecular formula is C13H23NO3S. The Labute approximate surface area is 113 Å². The Morgan fingerprint density at radius 3 is 2.17 bits per heavy atom. The van der Waals surface area contributed by atoms with Crippen molar-refractivity contribution in [2.75, 3.05) is 6.61 Å². The zero-order valence-electron chi connectivity index (χ0n) is 10.7. The lowest BCUT2D eigenvalue weighted by atomic mass is 9.62. The summed E-state index contributed by atoms with van der Waals surface area (Å²) in [5.74, 6) is 2.36. The lowest BCUT2D eigenvalue weighted by Gasteiger charge is -2.42. The fourth-order valence-electron chi connectivity index (χ4n) is 3.89. The minimum Gasteiger partial charge on any atom is -0.394 e. The lowest BCUT2D eigenvalue weighted by molar-refractivity contribution is -0.102. The maximum absolute atomic E-state index is 9.56. The highest BCUT2D eigenvalue weighted by Crippen LogP contribution is 2.52. The smallest absolute Gasteiger partial charge is 0.175 e. The van der Waals surface area contributed by atoms with Crippen LogP contribution < -0.4 is 5.14 Å². The molecule has 3 N–H and O–H groups in total. The summed E-state index contributed by atoms with van der Waals surface area (Å²) in [5.41, 5.74) is 0. The average Bonchev–Trinajstić information content (AvgIpc) is 2.55. The van der Waals surface area contributed by atoms with Crippen LogP contribution in [0.2, 0.25) is 0 Å². The molecule has 104 valence electrons. The van der Waals surface area contributed by atoms with Crippen LogP contribution in [0.5, 0.6) is 0 Å². The minimum atomic E-state index is -0.215. The second-order valence-electron chi connectivity index (χ2n) is 5.95. The van der Waals surface area contributed by atoms with E-state index in [9.17, 15) is 5.11 Å². The van der Waals surface area contributed by atoms with Gasteiger partial charge in [-0.3, -0.25) is 9.32 Å². The van der Waals surface area contributed by atoms with E-state index in [1.807, 2.05) is 0 Å². The summed E-state index contributed by atoms with van der Waals surface area (Å²) < 4.78 is 11.4. The summed E-state index contributed by atoms with van der Waals surface area (Å²) in [4.78, 5) is 0. The molecule has 3 fully saturated rings. The second-order valence-corrected chi connectivity index (χ2v) is 6.34. The maximum atomic E-state index is 9.56. The van der Waals surface area contributed by atoms with Gasteiger partial charge in [-0.25, -0.2) is 0 Å². The Balaban J connectivity index is 1.76. The Hall–Kier alpha value is 0.190. The first-order valence-corrected chi connectivity index (χ1v) is 7.94. The van der Waals surface area contributed by atoms with Gasteiger partial charge in [-0.2, -0.15) is 0 Å². The molecule has 5 heteroatoms. The monoisotopic (exact) mass is 273 g/mol. The summed E-state index contributed by atoms with van der Waals surface area (Å²) in [5, 5.41) is 15.0. The molecule has 0 radical (unpaired) electrons. The number of hydrogen-bond donors (Lipinski definition) is 2. The Kier molecular flexibility index (Phi) is 4.15. The van der Waals surface area contributed by atoms with Gasteiger partial charge in [0, 0.05) is 5.92 Å². The third kappa shape index (κ3) is 2.20. The zero-order chi connectivity index (χ0) is 12.5. The largest absolute Gasteiger partial charge is 0.394 e. The van der Waals surface area contributed by atoms with E-state index in [0.717, 1.165) is 18.1 Å². The first-order chi connectivity index (χ1) is 8.85. The number of ether oxygens (including phenoxy) is 1. The lowest BCUT2D eigenvalue weighted by Crippen LogP contribution is -2.40. The molecule has 2 aliphatic carbocycles. The van der Waals surface area contributed by atoms with Crippen molar-refractivity contribution < 1.29 is 14.0 Å². The van der Waals surface area contributed by atoms with Gasteiger partial charge in [-0.1, -0.05) is 25.7 Å². The molecule has 0 spiro atoms. The molecule has 18 heavy (non-hydrogen) atoms. The first kappa shape index (κ1) is 13.2. The fraction of sp³-hybridized carbons (Fsp3) is 1.00. The molecular weight excluding hydrogens is 250 g/mol. The van der Waals surface area contributed by atoms with Crippen molar-refractivity contribution in [3.05, 3.63) is 0 Å². The third-order valence-electron chi connectivity index (χ3n) is 5.22. The second kappa shape index (κ2) is 5.67. The van der Waals surface area contributed by atoms with Crippen LogP contribution >= 0.6 is 12.2 Å². The van der Waals surface area contributed by atoms with Crippen molar-refractivity contribution in [3.8, 4) is 0 Å². The Bertz CT molecular complexity index is 283. The molecule has 0 amide bonds. The molecule has 0 aromatic rings. The Morgan fingerprint density at radius 1 is 1.11 bits per heavy atom. The number of nitrogens with two attached hydrogens (primary N) is 1. The molecule has 0 bridgehead atoms. The number of aliphatic hydroxyl groups excluding tert-OH is 1. The van der Waals surface area contributed by atoms with Crippen LogP contribution in [0.25, 0.3) is 0 Å². The highest BCUT2D eigenvalue weighted by Gasteiger charge is 2.53. The molecule has 4 unspecified atom stereocenters. The van der Waals surface area contributed by atoms with Crippen LogP contribution in [-0.2, 0) is 8.92 Å². The normalized spacial score (nSPS) is 41.7. The SMILES string of the molecule is NSOC1OC(CO)C(C2CCC2)C1C1CCC1. The fourth-order valence-corrected chi connectivity index (χ4v) is 4.18. The van der Waals surface area contributed by atoms with Crippen molar-refractivity contribution in [3.63, 3.8) is 0 Å². The van der Waals surface area contributed by atoms with Gasteiger partial charge in [0.25, 0.3) is 0 Å². The van der Waals surface area contributed by atoms with Gasteiger partial charge in [0.15, 0.2) is 6.29 Å². The van der Waals surface area contributed by atoms with Crippen LogP contribution in [0, 0.1) is 23.7 Å². The number of hydrogen-bond acceptors (Lipinski definition) is 5. The molecule has 0 aromatic heterocycles. The molecule has 1 saturated heterocycles. The van der Waals surface area contributed by atoms with Crippen molar-refractivity contribution >= 4 is 12.2 Å². The molecule has 0 aromatic carbocycles. The van der Waals surface area contributed by atoms with E-state index >= 15 is 0 Å². The average molecular weight is 273 g/mol. The van der Waals surface area contributed by atoms with E-state index in [-0.39, 0.29) is 19.0 Å². The highest BCUT2D eigenvalue weighted by molar-refractivity contribution is 7.92.